The number of hydrogen-bond acceptors (Lipinski definition) is 4. The van der Waals surface area contributed by atoms with Crippen molar-refractivity contribution in [3.05, 3.63) is 18.2 Å². The van der Waals surface area contributed by atoms with Crippen LogP contribution in [-0.4, -0.2) is 25.8 Å². The Morgan fingerprint density at radius 3 is 3.10 bits per heavy atom. The van der Waals surface area contributed by atoms with Crippen molar-refractivity contribution in [2.45, 2.75) is 26.2 Å². The van der Waals surface area contributed by atoms with Crippen LogP contribution in [0.1, 0.15) is 26.2 Å². The Labute approximate surface area is 125 Å². The van der Waals surface area contributed by atoms with Crippen LogP contribution in [0.4, 0.5) is 5.69 Å². The predicted octanol–water partition coefficient (Wildman–Crippen LogP) is 2.38. The number of amides is 1. The summed E-state index contributed by atoms with van der Waals surface area (Å²) in [5.74, 6) is 2.48. The first-order valence-electron chi connectivity index (χ1n) is 7.62. The number of nitrogens with one attached hydrogen (secondary N) is 2. The zero-order valence-corrected chi connectivity index (χ0v) is 12.4. The van der Waals surface area contributed by atoms with Gasteiger partial charge in [-0.1, -0.05) is 6.92 Å². The second-order valence-electron chi connectivity index (χ2n) is 5.90. The van der Waals surface area contributed by atoms with E-state index in [0.717, 1.165) is 24.5 Å². The van der Waals surface area contributed by atoms with Gasteiger partial charge in [0.05, 0.1) is 0 Å². The van der Waals surface area contributed by atoms with Gasteiger partial charge in [0.15, 0.2) is 11.5 Å². The second-order valence-corrected chi connectivity index (χ2v) is 5.90. The zero-order valence-electron chi connectivity index (χ0n) is 12.4. The molecule has 1 saturated heterocycles. The van der Waals surface area contributed by atoms with E-state index in [4.69, 9.17) is 9.47 Å². The van der Waals surface area contributed by atoms with Gasteiger partial charge < -0.3 is 20.1 Å². The lowest BCUT2D eigenvalue weighted by Gasteiger charge is -2.28. The molecule has 0 bridgehead atoms. The monoisotopic (exact) mass is 290 g/mol. The van der Waals surface area contributed by atoms with Gasteiger partial charge in [-0.3, -0.25) is 4.79 Å². The molecule has 1 amide bonds. The van der Waals surface area contributed by atoms with E-state index in [0.29, 0.717) is 24.0 Å². The maximum atomic E-state index is 12.2. The standard InChI is InChI=1S/C16H22N2O3/c1-11(12-3-2-6-17-9-12)7-16(19)18-13-4-5-14-15(8-13)21-10-20-14/h4-5,8,11-12,17H,2-3,6-7,9-10H2,1H3,(H,18,19). The van der Waals surface area contributed by atoms with Crippen LogP contribution in [0.25, 0.3) is 0 Å². The van der Waals surface area contributed by atoms with Gasteiger partial charge in [-0.25, -0.2) is 0 Å². The number of fused-ring (bicyclic) bond motifs is 1. The summed E-state index contributed by atoms with van der Waals surface area (Å²) in [6.45, 7) is 4.54. The third-order valence-corrected chi connectivity index (χ3v) is 4.30. The van der Waals surface area contributed by atoms with Crippen molar-refractivity contribution in [2.24, 2.45) is 11.8 Å². The van der Waals surface area contributed by atoms with Crippen molar-refractivity contribution in [1.82, 2.24) is 5.32 Å². The summed E-state index contributed by atoms with van der Waals surface area (Å²) in [7, 11) is 0. The molecule has 2 aliphatic heterocycles. The van der Waals surface area contributed by atoms with Crippen molar-refractivity contribution >= 4 is 11.6 Å². The third-order valence-electron chi connectivity index (χ3n) is 4.30. The van der Waals surface area contributed by atoms with Gasteiger partial charge in [-0.15, -0.1) is 0 Å². The van der Waals surface area contributed by atoms with Crippen LogP contribution in [0.15, 0.2) is 18.2 Å². The Morgan fingerprint density at radius 2 is 2.29 bits per heavy atom. The smallest absolute Gasteiger partial charge is 0.231 e. The lowest BCUT2D eigenvalue weighted by atomic mass is 9.85. The van der Waals surface area contributed by atoms with E-state index in [1.54, 1.807) is 0 Å². The fourth-order valence-electron chi connectivity index (χ4n) is 3.01. The molecule has 1 aromatic carbocycles. The fourth-order valence-corrected chi connectivity index (χ4v) is 3.01. The lowest BCUT2D eigenvalue weighted by Crippen LogP contribution is -2.34. The number of rotatable bonds is 4. The van der Waals surface area contributed by atoms with Crippen LogP contribution in [0.5, 0.6) is 11.5 Å². The number of hydrogen-bond donors (Lipinski definition) is 2. The van der Waals surface area contributed by atoms with Gasteiger partial charge in [-0.05, 0) is 49.9 Å². The molecular weight excluding hydrogens is 268 g/mol. The normalized spacial score (nSPS) is 21.9. The van der Waals surface area contributed by atoms with Crippen molar-refractivity contribution in [3.8, 4) is 11.5 Å². The van der Waals surface area contributed by atoms with E-state index in [2.05, 4.69) is 17.6 Å². The molecule has 21 heavy (non-hydrogen) atoms. The Balaban J connectivity index is 1.53. The van der Waals surface area contributed by atoms with Crippen LogP contribution in [0.2, 0.25) is 0 Å². The molecule has 0 aromatic heterocycles. The summed E-state index contributed by atoms with van der Waals surface area (Å²) in [6, 6.07) is 5.48. The first-order chi connectivity index (χ1) is 10.2. The van der Waals surface area contributed by atoms with E-state index in [-0.39, 0.29) is 12.7 Å². The summed E-state index contributed by atoms with van der Waals surface area (Å²) in [4.78, 5) is 12.2. The molecule has 0 radical (unpaired) electrons. The average molecular weight is 290 g/mol. The van der Waals surface area contributed by atoms with Crippen LogP contribution in [-0.2, 0) is 4.79 Å². The maximum Gasteiger partial charge on any atom is 0.231 e. The van der Waals surface area contributed by atoms with E-state index in [1.807, 2.05) is 18.2 Å². The molecular formula is C16H22N2O3. The lowest BCUT2D eigenvalue weighted by molar-refractivity contribution is -0.117. The van der Waals surface area contributed by atoms with E-state index in [9.17, 15) is 4.79 Å². The Bertz CT molecular complexity index is 512. The highest BCUT2D eigenvalue weighted by atomic mass is 16.7. The number of benzene rings is 1. The second kappa shape index (κ2) is 6.35. The van der Waals surface area contributed by atoms with Crippen molar-refractivity contribution in [1.29, 1.82) is 0 Å². The van der Waals surface area contributed by atoms with Gasteiger partial charge in [0, 0.05) is 18.2 Å². The van der Waals surface area contributed by atoms with Crippen LogP contribution in [0, 0.1) is 11.8 Å². The SMILES string of the molecule is CC(CC(=O)Nc1ccc2c(c1)OCO2)C1CCCNC1. The fraction of sp³-hybridized carbons (Fsp3) is 0.562. The molecule has 114 valence electrons. The Hall–Kier alpha value is -1.75. The minimum absolute atomic E-state index is 0.0620. The van der Waals surface area contributed by atoms with Gasteiger partial charge >= 0.3 is 0 Å². The molecule has 3 rings (SSSR count). The van der Waals surface area contributed by atoms with Gasteiger partial charge in [0.1, 0.15) is 0 Å². The molecule has 5 nitrogen and oxygen atoms in total. The highest BCUT2D eigenvalue weighted by molar-refractivity contribution is 5.91. The first kappa shape index (κ1) is 14.2. The molecule has 1 aromatic rings. The summed E-state index contributed by atoms with van der Waals surface area (Å²) in [5, 5.41) is 6.35. The van der Waals surface area contributed by atoms with Crippen molar-refractivity contribution in [3.63, 3.8) is 0 Å². The zero-order chi connectivity index (χ0) is 14.7. The molecule has 2 unspecified atom stereocenters. The quantitative estimate of drug-likeness (QED) is 0.894. The summed E-state index contributed by atoms with van der Waals surface area (Å²) >= 11 is 0. The maximum absolute atomic E-state index is 12.2. The van der Waals surface area contributed by atoms with Crippen LogP contribution < -0.4 is 20.1 Å². The number of carbonyl (C=O) groups excluding carboxylic acids is 1. The number of piperidine rings is 1. The van der Waals surface area contributed by atoms with Crippen molar-refractivity contribution in [2.75, 3.05) is 25.2 Å². The largest absolute Gasteiger partial charge is 0.454 e. The van der Waals surface area contributed by atoms with E-state index >= 15 is 0 Å². The Kier molecular flexibility index (Phi) is 4.29. The molecule has 2 heterocycles. The van der Waals surface area contributed by atoms with Crippen LogP contribution in [0.3, 0.4) is 0 Å². The molecule has 2 atom stereocenters. The highest BCUT2D eigenvalue weighted by Crippen LogP contribution is 2.34. The molecule has 5 heteroatoms. The highest BCUT2D eigenvalue weighted by Gasteiger charge is 2.22. The van der Waals surface area contributed by atoms with Crippen molar-refractivity contribution < 1.29 is 14.3 Å². The molecule has 2 N–H and O–H groups in total. The Morgan fingerprint density at radius 1 is 1.43 bits per heavy atom. The topological polar surface area (TPSA) is 59.6 Å². The third kappa shape index (κ3) is 3.47. The predicted molar refractivity (Wildman–Crippen MR) is 80.6 cm³/mol. The van der Waals surface area contributed by atoms with Gasteiger partial charge in [-0.2, -0.15) is 0 Å². The number of carbonyl (C=O) groups is 1. The first-order valence-corrected chi connectivity index (χ1v) is 7.62. The molecule has 2 aliphatic rings. The van der Waals surface area contributed by atoms with Crippen LogP contribution >= 0.6 is 0 Å². The average Bonchev–Trinajstić information content (AvgIpc) is 2.95. The molecule has 1 fully saturated rings. The minimum atomic E-state index is 0.0620. The summed E-state index contributed by atoms with van der Waals surface area (Å²) in [6.07, 6.45) is 2.98. The van der Waals surface area contributed by atoms with Gasteiger partial charge in [0.2, 0.25) is 12.7 Å². The molecule has 0 spiro atoms. The molecule has 0 aliphatic carbocycles. The number of ether oxygens (including phenoxy) is 2. The minimum Gasteiger partial charge on any atom is -0.454 e. The summed E-state index contributed by atoms with van der Waals surface area (Å²) in [5.41, 5.74) is 0.762. The molecule has 0 saturated carbocycles. The van der Waals surface area contributed by atoms with Gasteiger partial charge in [0.25, 0.3) is 0 Å². The summed E-state index contributed by atoms with van der Waals surface area (Å²) < 4.78 is 10.6. The van der Waals surface area contributed by atoms with E-state index < -0.39 is 0 Å². The number of anilines is 1. The van der Waals surface area contributed by atoms with E-state index in [1.165, 1.54) is 12.8 Å².